The average molecular weight is 395 g/mol. The maximum Gasteiger partial charge on any atom is 0.237 e. The molecule has 1 aromatic carbocycles. The molecule has 5 rings (SSSR count). The molecule has 4 heterocycles. The minimum Gasteiger partial charge on any atom is -0.337 e. The standard InChI is InChI=1S/C22H22N2OS2/c25-21(23-10-7-16-4-1-2-5-17(16)14-23)15-24-11-8-19-18(9-13-27-19)22(24)20-6-3-12-26-20/h1-6,9,12-13,22H,7-8,10-11,14-15H2. The quantitative estimate of drug-likeness (QED) is 0.660. The molecule has 0 bridgehead atoms. The maximum atomic E-state index is 13.1. The third-order valence-corrected chi connectivity index (χ3v) is 7.62. The molecule has 2 aromatic heterocycles. The number of carbonyl (C=O) groups is 1. The van der Waals surface area contributed by atoms with E-state index < -0.39 is 0 Å². The lowest BCUT2D eigenvalue weighted by Crippen LogP contribution is -2.45. The Balaban J connectivity index is 1.36. The van der Waals surface area contributed by atoms with Crippen molar-refractivity contribution in [3.8, 4) is 0 Å². The van der Waals surface area contributed by atoms with Crippen LogP contribution in [0.4, 0.5) is 0 Å². The molecule has 1 amide bonds. The van der Waals surface area contributed by atoms with E-state index in [4.69, 9.17) is 0 Å². The summed E-state index contributed by atoms with van der Waals surface area (Å²) in [6.45, 7) is 3.03. The number of benzene rings is 1. The number of thiophene rings is 2. The first-order chi connectivity index (χ1) is 13.3. The number of fused-ring (bicyclic) bond motifs is 2. The van der Waals surface area contributed by atoms with Gasteiger partial charge < -0.3 is 4.90 Å². The lowest BCUT2D eigenvalue weighted by Gasteiger charge is -2.37. The van der Waals surface area contributed by atoms with E-state index in [9.17, 15) is 4.79 Å². The van der Waals surface area contributed by atoms with Crippen LogP contribution in [0.15, 0.2) is 53.2 Å². The smallest absolute Gasteiger partial charge is 0.237 e. The summed E-state index contributed by atoms with van der Waals surface area (Å²) in [4.78, 5) is 20.4. The lowest BCUT2D eigenvalue weighted by molar-refractivity contribution is -0.133. The Labute approximate surface area is 167 Å². The topological polar surface area (TPSA) is 23.6 Å². The summed E-state index contributed by atoms with van der Waals surface area (Å²) in [6.07, 6.45) is 2.01. The second-order valence-electron chi connectivity index (χ2n) is 7.27. The van der Waals surface area contributed by atoms with Gasteiger partial charge in [-0.05, 0) is 52.4 Å². The van der Waals surface area contributed by atoms with Crippen molar-refractivity contribution in [2.24, 2.45) is 0 Å². The summed E-state index contributed by atoms with van der Waals surface area (Å²) in [5, 5.41) is 4.33. The van der Waals surface area contributed by atoms with Crippen molar-refractivity contribution >= 4 is 28.6 Å². The van der Waals surface area contributed by atoms with Gasteiger partial charge in [-0.3, -0.25) is 9.69 Å². The molecule has 0 fully saturated rings. The molecule has 2 aliphatic rings. The first-order valence-electron chi connectivity index (χ1n) is 9.48. The van der Waals surface area contributed by atoms with Gasteiger partial charge in [0.1, 0.15) is 0 Å². The van der Waals surface area contributed by atoms with E-state index in [1.165, 1.54) is 26.4 Å². The molecular formula is C22H22N2OS2. The van der Waals surface area contributed by atoms with Crippen molar-refractivity contribution in [2.75, 3.05) is 19.6 Å². The van der Waals surface area contributed by atoms with Gasteiger partial charge in [0, 0.05) is 29.4 Å². The third-order valence-electron chi connectivity index (χ3n) is 5.70. The molecule has 138 valence electrons. The summed E-state index contributed by atoms with van der Waals surface area (Å²) < 4.78 is 0. The van der Waals surface area contributed by atoms with Gasteiger partial charge in [0.05, 0.1) is 12.6 Å². The molecule has 0 saturated carbocycles. The molecule has 3 nitrogen and oxygen atoms in total. The minimum atomic E-state index is 0.223. The normalized spacial score (nSPS) is 19.6. The molecule has 0 N–H and O–H groups in total. The van der Waals surface area contributed by atoms with Crippen molar-refractivity contribution in [2.45, 2.75) is 25.4 Å². The fraction of sp³-hybridized carbons (Fsp3) is 0.318. The molecule has 0 saturated heterocycles. The van der Waals surface area contributed by atoms with Crippen LogP contribution in [0.3, 0.4) is 0 Å². The molecule has 3 aromatic rings. The monoisotopic (exact) mass is 394 g/mol. The zero-order chi connectivity index (χ0) is 18.2. The predicted octanol–water partition coefficient (Wildman–Crippen LogP) is 4.34. The third kappa shape index (κ3) is 3.24. The largest absolute Gasteiger partial charge is 0.337 e. The van der Waals surface area contributed by atoms with E-state index in [1.54, 1.807) is 11.3 Å². The number of carbonyl (C=O) groups excluding carboxylic acids is 1. The molecule has 1 unspecified atom stereocenters. The molecule has 0 spiro atoms. The highest BCUT2D eigenvalue weighted by Gasteiger charge is 2.32. The zero-order valence-electron chi connectivity index (χ0n) is 15.1. The maximum absolute atomic E-state index is 13.1. The molecule has 5 heteroatoms. The predicted molar refractivity (Wildman–Crippen MR) is 111 cm³/mol. The first-order valence-corrected chi connectivity index (χ1v) is 11.2. The van der Waals surface area contributed by atoms with Gasteiger partial charge in [0.25, 0.3) is 0 Å². The molecule has 2 aliphatic heterocycles. The first kappa shape index (κ1) is 17.2. The number of hydrogen-bond donors (Lipinski definition) is 0. The Bertz CT molecular complexity index is 947. The number of nitrogens with zero attached hydrogens (tertiary/aromatic N) is 2. The van der Waals surface area contributed by atoms with Gasteiger partial charge in [-0.15, -0.1) is 22.7 Å². The zero-order valence-corrected chi connectivity index (χ0v) is 16.8. The lowest BCUT2D eigenvalue weighted by atomic mass is 9.98. The van der Waals surface area contributed by atoms with Crippen LogP contribution < -0.4 is 0 Å². The Morgan fingerprint density at radius 3 is 2.70 bits per heavy atom. The molecule has 0 aliphatic carbocycles. The van der Waals surface area contributed by atoms with Crippen LogP contribution in [0, 0.1) is 0 Å². The Hall–Kier alpha value is -1.95. The van der Waals surface area contributed by atoms with Crippen molar-refractivity contribution < 1.29 is 4.79 Å². The SMILES string of the molecule is O=C(CN1CCc2sccc2C1c1cccs1)N1CCc2ccccc2C1. The Morgan fingerprint density at radius 1 is 0.963 bits per heavy atom. The highest BCUT2D eigenvalue weighted by molar-refractivity contribution is 7.10. The van der Waals surface area contributed by atoms with Gasteiger partial charge in [0.2, 0.25) is 5.91 Å². The summed E-state index contributed by atoms with van der Waals surface area (Å²) in [5.74, 6) is 0.254. The summed E-state index contributed by atoms with van der Waals surface area (Å²) in [7, 11) is 0. The van der Waals surface area contributed by atoms with Gasteiger partial charge in [-0.25, -0.2) is 0 Å². The number of rotatable bonds is 3. The Kier molecular flexibility index (Phi) is 4.60. The van der Waals surface area contributed by atoms with Gasteiger partial charge >= 0.3 is 0 Å². The van der Waals surface area contributed by atoms with Crippen LogP contribution >= 0.6 is 22.7 Å². The van der Waals surface area contributed by atoms with E-state index in [0.29, 0.717) is 6.54 Å². The van der Waals surface area contributed by atoms with Crippen molar-refractivity contribution in [1.82, 2.24) is 9.80 Å². The van der Waals surface area contributed by atoms with Crippen LogP contribution in [0.2, 0.25) is 0 Å². The molecule has 27 heavy (non-hydrogen) atoms. The van der Waals surface area contributed by atoms with Crippen LogP contribution in [0.1, 0.15) is 32.5 Å². The van der Waals surface area contributed by atoms with Gasteiger partial charge in [-0.1, -0.05) is 30.3 Å². The van der Waals surface area contributed by atoms with Crippen molar-refractivity contribution in [3.63, 3.8) is 0 Å². The molecule has 1 atom stereocenters. The van der Waals surface area contributed by atoms with E-state index >= 15 is 0 Å². The van der Waals surface area contributed by atoms with Crippen molar-refractivity contribution in [3.05, 3.63) is 79.7 Å². The van der Waals surface area contributed by atoms with Crippen LogP contribution in [-0.2, 0) is 24.2 Å². The van der Waals surface area contributed by atoms with E-state index in [1.807, 2.05) is 16.2 Å². The highest BCUT2D eigenvalue weighted by Crippen LogP contribution is 2.39. The Morgan fingerprint density at radius 2 is 1.85 bits per heavy atom. The number of amides is 1. The summed E-state index contributed by atoms with van der Waals surface area (Å²) in [5.41, 5.74) is 4.08. The second kappa shape index (κ2) is 7.23. The summed E-state index contributed by atoms with van der Waals surface area (Å²) in [6, 6.07) is 15.3. The van der Waals surface area contributed by atoms with Gasteiger partial charge in [0.15, 0.2) is 0 Å². The van der Waals surface area contributed by atoms with E-state index in [-0.39, 0.29) is 11.9 Å². The van der Waals surface area contributed by atoms with E-state index in [0.717, 1.165) is 32.5 Å². The minimum absolute atomic E-state index is 0.223. The fourth-order valence-electron chi connectivity index (χ4n) is 4.30. The number of hydrogen-bond acceptors (Lipinski definition) is 4. The van der Waals surface area contributed by atoms with E-state index in [2.05, 4.69) is 58.1 Å². The van der Waals surface area contributed by atoms with Crippen molar-refractivity contribution in [1.29, 1.82) is 0 Å². The van der Waals surface area contributed by atoms with Crippen LogP contribution in [0.25, 0.3) is 0 Å². The highest BCUT2D eigenvalue weighted by atomic mass is 32.1. The van der Waals surface area contributed by atoms with Gasteiger partial charge in [-0.2, -0.15) is 0 Å². The average Bonchev–Trinajstić information content (AvgIpc) is 3.39. The molecule has 0 radical (unpaired) electrons. The fourth-order valence-corrected chi connectivity index (χ4v) is 6.08. The second-order valence-corrected chi connectivity index (χ2v) is 9.25. The molecular weight excluding hydrogens is 372 g/mol. The van der Waals surface area contributed by atoms with Crippen LogP contribution in [-0.4, -0.2) is 35.3 Å². The van der Waals surface area contributed by atoms with Crippen LogP contribution in [0.5, 0.6) is 0 Å². The summed E-state index contributed by atoms with van der Waals surface area (Å²) >= 11 is 3.64.